The minimum atomic E-state index is 0.592. The molecule has 4 heterocycles. The Kier molecular flexibility index (Phi) is 6.62. The lowest BCUT2D eigenvalue weighted by atomic mass is 10.0. The van der Waals surface area contributed by atoms with Crippen LogP contribution in [0.2, 0.25) is 0 Å². The molecular formula is C46H27N5OS. The van der Waals surface area contributed by atoms with E-state index in [9.17, 15) is 0 Å². The van der Waals surface area contributed by atoms with Crippen LogP contribution in [0.15, 0.2) is 168 Å². The number of rotatable bonds is 5. The predicted octanol–water partition coefficient (Wildman–Crippen LogP) is 12.1. The summed E-state index contributed by atoms with van der Waals surface area (Å²) < 4.78 is 10.9. The Morgan fingerprint density at radius 2 is 1.04 bits per heavy atom. The van der Waals surface area contributed by atoms with E-state index in [-0.39, 0.29) is 0 Å². The summed E-state index contributed by atoms with van der Waals surface area (Å²) in [5.41, 5.74) is 8.62. The van der Waals surface area contributed by atoms with Crippen molar-refractivity contribution < 1.29 is 4.42 Å². The van der Waals surface area contributed by atoms with Gasteiger partial charge in [0.1, 0.15) is 5.52 Å². The number of hydrogen-bond acceptors (Lipinski definition) is 6. The summed E-state index contributed by atoms with van der Waals surface area (Å²) in [5, 5.41) is 4.58. The van der Waals surface area contributed by atoms with Gasteiger partial charge in [-0.05, 0) is 54.6 Å². The molecule has 53 heavy (non-hydrogen) atoms. The molecule has 248 valence electrons. The molecule has 0 spiro atoms. The van der Waals surface area contributed by atoms with Crippen molar-refractivity contribution in [3.8, 4) is 51.3 Å². The van der Waals surface area contributed by atoms with Crippen LogP contribution in [-0.4, -0.2) is 24.5 Å². The van der Waals surface area contributed by atoms with Gasteiger partial charge in [0.2, 0.25) is 5.89 Å². The number of aromatic nitrogens is 5. The molecule has 0 atom stereocenters. The van der Waals surface area contributed by atoms with Gasteiger partial charge in [0.25, 0.3) is 0 Å². The Bertz CT molecular complexity index is 3110. The van der Waals surface area contributed by atoms with E-state index in [0.29, 0.717) is 23.4 Å². The van der Waals surface area contributed by atoms with Crippen molar-refractivity contribution in [3.05, 3.63) is 164 Å². The molecule has 0 fully saturated rings. The third-order valence-corrected chi connectivity index (χ3v) is 11.0. The van der Waals surface area contributed by atoms with Gasteiger partial charge in [0.05, 0.1) is 11.0 Å². The van der Waals surface area contributed by atoms with Crippen LogP contribution in [0, 0.1) is 0 Å². The van der Waals surface area contributed by atoms with Crippen molar-refractivity contribution in [2.75, 3.05) is 0 Å². The van der Waals surface area contributed by atoms with Crippen molar-refractivity contribution in [1.82, 2.24) is 24.5 Å². The number of nitrogens with zero attached hydrogens (tertiary/aromatic N) is 5. The maximum atomic E-state index is 6.33. The van der Waals surface area contributed by atoms with E-state index < -0.39 is 0 Å². The third-order valence-electron chi connectivity index (χ3n) is 9.90. The number of benzene rings is 7. The van der Waals surface area contributed by atoms with Gasteiger partial charge in [-0.2, -0.15) is 0 Å². The fourth-order valence-electron chi connectivity index (χ4n) is 7.55. The second-order valence-electron chi connectivity index (χ2n) is 13.0. The first-order chi connectivity index (χ1) is 26.3. The molecule has 6 nitrogen and oxygen atoms in total. The highest BCUT2D eigenvalue weighted by atomic mass is 32.1. The maximum Gasteiger partial charge on any atom is 0.227 e. The van der Waals surface area contributed by atoms with Crippen molar-refractivity contribution in [1.29, 1.82) is 0 Å². The van der Waals surface area contributed by atoms with Gasteiger partial charge in [-0.15, -0.1) is 11.3 Å². The molecule has 0 saturated carbocycles. The van der Waals surface area contributed by atoms with E-state index in [1.54, 1.807) is 11.3 Å². The standard InChI is InChI=1S/C46H27N5OS/c1-2-13-28(14-3-1)43-48-44(29-15-10-16-30(27-29)51-36-22-7-4-17-31(36)32-18-5-8-23-37(32)51)50-45(49-43)33-19-11-25-39-41(33)42-34(20-12-26-40(42)53-39)46-47-35-21-6-9-24-38(35)52-46/h1-27H. The van der Waals surface area contributed by atoms with Crippen LogP contribution in [0.4, 0.5) is 0 Å². The van der Waals surface area contributed by atoms with Gasteiger partial charge in [-0.3, -0.25) is 0 Å². The summed E-state index contributed by atoms with van der Waals surface area (Å²) in [4.78, 5) is 20.4. The Balaban J connectivity index is 1.14. The maximum absolute atomic E-state index is 6.33. The van der Waals surface area contributed by atoms with Crippen molar-refractivity contribution in [2.45, 2.75) is 0 Å². The molecule has 7 aromatic carbocycles. The lowest BCUT2D eigenvalue weighted by molar-refractivity contribution is 0.620. The molecule has 0 aliphatic heterocycles. The SMILES string of the molecule is c1ccc(-c2nc(-c3cccc(-n4c5ccccc5c5ccccc54)c3)nc(-c3cccc4sc5cccc(-c6nc7ccccc7o6)c5c34)n2)cc1. The molecule has 11 rings (SSSR count). The van der Waals surface area contributed by atoms with Crippen LogP contribution in [0.3, 0.4) is 0 Å². The van der Waals surface area contributed by atoms with E-state index >= 15 is 0 Å². The van der Waals surface area contributed by atoms with E-state index in [0.717, 1.165) is 70.2 Å². The largest absolute Gasteiger partial charge is 0.436 e. The Labute approximate surface area is 307 Å². The highest BCUT2D eigenvalue weighted by Gasteiger charge is 2.21. The molecule has 11 aromatic rings. The highest BCUT2D eigenvalue weighted by Crippen LogP contribution is 2.44. The molecular weight excluding hydrogens is 671 g/mol. The summed E-state index contributed by atoms with van der Waals surface area (Å²) in [6, 6.07) is 56.3. The topological polar surface area (TPSA) is 69.6 Å². The van der Waals surface area contributed by atoms with Gasteiger partial charge in [-0.1, -0.05) is 109 Å². The molecule has 0 amide bonds. The molecule has 0 N–H and O–H groups in total. The van der Waals surface area contributed by atoms with Gasteiger partial charge >= 0.3 is 0 Å². The highest BCUT2D eigenvalue weighted by molar-refractivity contribution is 7.26. The molecule has 0 bridgehead atoms. The van der Waals surface area contributed by atoms with Crippen LogP contribution in [-0.2, 0) is 0 Å². The lowest BCUT2D eigenvalue weighted by Gasteiger charge is -2.12. The third kappa shape index (κ3) is 4.79. The van der Waals surface area contributed by atoms with Crippen molar-refractivity contribution >= 4 is 64.4 Å². The average molecular weight is 698 g/mol. The lowest BCUT2D eigenvalue weighted by Crippen LogP contribution is -2.01. The van der Waals surface area contributed by atoms with E-state index in [1.165, 1.54) is 10.8 Å². The fraction of sp³-hybridized carbons (Fsp3) is 0. The van der Waals surface area contributed by atoms with Gasteiger partial charge in [-0.25, -0.2) is 19.9 Å². The number of thiophene rings is 1. The number of oxazole rings is 1. The molecule has 7 heteroatoms. The molecule has 0 saturated heterocycles. The zero-order valence-corrected chi connectivity index (χ0v) is 29.0. The zero-order chi connectivity index (χ0) is 34.9. The number of fused-ring (bicyclic) bond motifs is 7. The van der Waals surface area contributed by atoms with E-state index in [1.807, 2.05) is 54.6 Å². The first-order valence-corrected chi connectivity index (χ1v) is 18.3. The molecule has 0 aliphatic carbocycles. The smallest absolute Gasteiger partial charge is 0.227 e. The summed E-state index contributed by atoms with van der Waals surface area (Å²) >= 11 is 1.75. The first-order valence-electron chi connectivity index (χ1n) is 17.5. The summed E-state index contributed by atoms with van der Waals surface area (Å²) in [7, 11) is 0. The van der Waals surface area contributed by atoms with E-state index in [4.69, 9.17) is 24.4 Å². The summed E-state index contributed by atoms with van der Waals surface area (Å²) in [6.07, 6.45) is 0. The van der Waals surface area contributed by atoms with Gasteiger partial charge in [0, 0.05) is 58.9 Å². The molecule has 0 aliphatic rings. The molecule has 0 unspecified atom stereocenters. The van der Waals surface area contributed by atoms with Crippen LogP contribution in [0.25, 0.3) is 104 Å². The van der Waals surface area contributed by atoms with Crippen LogP contribution >= 0.6 is 11.3 Å². The van der Waals surface area contributed by atoms with Gasteiger partial charge < -0.3 is 8.98 Å². The van der Waals surface area contributed by atoms with Crippen LogP contribution in [0.1, 0.15) is 0 Å². The quantitative estimate of drug-likeness (QED) is 0.179. The normalized spacial score (nSPS) is 11.8. The summed E-state index contributed by atoms with van der Waals surface area (Å²) in [6.45, 7) is 0. The Morgan fingerprint density at radius 1 is 0.453 bits per heavy atom. The Hall–Kier alpha value is -6.96. The van der Waals surface area contributed by atoms with E-state index in [2.05, 4.69) is 114 Å². The summed E-state index contributed by atoms with van der Waals surface area (Å²) in [5.74, 6) is 2.42. The molecule has 4 aromatic heterocycles. The first kappa shape index (κ1) is 29.7. The van der Waals surface area contributed by atoms with Gasteiger partial charge in [0.15, 0.2) is 23.1 Å². The zero-order valence-electron chi connectivity index (χ0n) is 28.1. The second-order valence-corrected chi connectivity index (χ2v) is 14.1. The second kappa shape index (κ2) is 11.8. The van der Waals surface area contributed by atoms with Crippen LogP contribution in [0.5, 0.6) is 0 Å². The van der Waals surface area contributed by atoms with Crippen molar-refractivity contribution in [2.24, 2.45) is 0 Å². The van der Waals surface area contributed by atoms with Crippen molar-refractivity contribution in [3.63, 3.8) is 0 Å². The number of hydrogen-bond donors (Lipinski definition) is 0. The average Bonchev–Trinajstić information content (AvgIpc) is 3.93. The predicted molar refractivity (Wildman–Crippen MR) is 216 cm³/mol. The Morgan fingerprint density at radius 3 is 1.79 bits per heavy atom. The number of para-hydroxylation sites is 4. The minimum absolute atomic E-state index is 0.592. The fourth-order valence-corrected chi connectivity index (χ4v) is 8.70. The minimum Gasteiger partial charge on any atom is -0.436 e. The van der Waals surface area contributed by atoms with Crippen LogP contribution < -0.4 is 0 Å². The molecule has 0 radical (unpaired) electrons. The monoisotopic (exact) mass is 697 g/mol.